The van der Waals surface area contributed by atoms with Crippen LogP contribution < -0.4 is 14.4 Å². The van der Waals surface area contributed by atoms with Crippen LogP contribution in [0.1, 0.15) is 24.2 Å². The first-order valence-electron chi connectivity index (χ1n) is 9.26. The fraction of sp³-hybridized carbons (Fsp3) is 0.350. The van der Waals surface area contributed by atoms with Gasteiger partial charge in [0.25, 0.3) is 0 Å². The number of hydrogen-bond donors (Lipinski definition) is 2. The summed E-state index contributed by atoms with van der Waals surface area (Å²) in [5, 5.41) is 9.59. The minimum absolute atomic E-state index is 0. The average Bonchev–Trinajstić information content (AvgIpc) is 3.19. The van der Waals surface area contributed by atoms with E-state index < -0.39 is 13.9 Å². The summed E-state index contributed by atoms with van der Waals surface area (Å²) in [6, 6.07) is 11.0. The van der Waals surface area contributed by atoms with Crippen molar-refractivity contribution >= 4 is 54.9 Å². The Labute approximate surface area is 202 Å². The molecular formula is C20H24N2NaO7P. The molecule has 3 rings (SSSR count). The van der Waals surface area contributed by atoms with Crippen LogP contribution in [-0.4, -0.2) is 72.8 Å². The number of methoxy groups -OCH3 is 2. The van der Waals surface area contributed by atoms with Crippen molar-refractivity contribution in [3.05, 3.63) is 41.7 Å². The molecule has 31 heavy (non-hydrogen) atoms. The standard InChI is InChI=1S/C20H23N2O7P.Na.H/c1-26-18-5-3-14(12-19(18)27-2)15(13-21)11-17-4-6-20(28-17)22-9-7-16(8-10-22)29-30(23,24)25;;/h3-6,11-12,16H,7-10H2,1-2H3,(H2,23,24,25);;. The van der Waals surface area contributed by atoms with Gasteiger partial charge in [0.15, 0.2) is 17.4 Å². The van der Waals surface area contributed by atoms with Crippen LogP contribution in [0.25, 0.3) is 11.6 Å². The molecule has 1 saturated heterocycles. The third kappa shape index (κ3) is 6.86. The number of allylic oxidation sites excluding steroid dienone is 1. The number of phosphoric acid groups is 1. The summed E-state index contributed by atoms with van der Waals surface area (Å²) >= 11 is 0. The van der Waals surface area contributed by atoms with E-state index in [4.69, 9.17) is 28.2 Å². The maximum atomic E-state index is 11.0. The van der Waals surface area contributed by atoms with E-state index in [0.29, 0.717) is 60.2 Å². The molecule has 2 heterocycles. The van der Waals surface area contributed by atoms with Gasteiger partial charge < -0.3 is 28.6 Å². The predicted molar refractivity (Wildman–Crippen MR) is 117 cm³/mol. The average molecular weight is 458 g/mol. The van der Waals surface area contributed by atoms with Gasteiger partial charge in [-0.25, -0.2) is 4.57 Å². The summed E-state index contributed by atoms with van der Waals surface area (Å²) in [5.74, 6) is 2.24. The van der Waals surface area contributed by atoms with Gasteiger partial charge in [-0.05, 0) is 48.7 Å². The van der Waals surface area contributed by atoms with Gasteiger partial charge in [0.05, 0.1) is 32.0 Å². The van der Waals surface area contributed by atoms with Crippen LogP contribution in [0.3, 0.4) is 0 Å². The number of piperidine rings is 1. The van der Waals surface area contributed by atoms with Crippen LogP contribution in [0.2, 0.25) is 0 Å². The van der Waals surface area contributed by atoms with Gasteiger partial charge in [-0.2, -0.15) is 5.26 Å². The van der Waals surface area contributed by atoms with E-state index in [1.165, 1.54) is 7.11 Å². The monoisotopic (exact) mass is 458 g/mol. The molecular weight excluding hydrogens is 434 g/mol. The van der Waals surface area contributed by atoms with Crippen LogP contribution in [-0.2, 0) is 9.09 Å². The van der Waals surface area contributed by atoms with E-state index in [9.17, 15) is 9.83 Å². The first kappa shape index (κ1) is 25.5. The molecule has 0 unspecified atom stereocenters. The molecule has 1 aromatic heterocycles. The van der Waals surface area contributed by atoms with E-state index in [1.807, 2.05) is 4.90 Å². The molecule has 162 valence electrons. The van der Waals surface area contributed by atoms with Crippen LogP contribution in [0.5, 0.6) is 11.5 Å². The number of rotatable bonds is 7. The molecule has 9 nitrogen and oxygen atoms in total. The van der Waals surface area contributed by atoms with E-state index in [-0.39, 0.29) is 29.6 Å². The number of benzene rings is 1. The maximum absolute atomic E-state index is 11.0. The summed E-state index contributed by atoms with van der Waals surface area (Å²) < 4.78 is 32.1. The van der Waals surface area contributed by atoms with Crippen LogP contribution in [0.15, 0.2) is 34.7 Å². The molecule has 0 aliphatic carbocycles. The molecule has 0 saturated carbocycles. The molecule has 11 heteroatoms. The molecule has 1 fully saturated rings. The van der Waals surface area contributed by atoms with E-state index in [1.54, 1.807) is 43.5 Å². The third-order valence-electron chi connectivity index (χ3n) is 4.75. The Hall–Kier alpha value is -1.76. The minimum atomic E-state index is -4.48. The quantitative estimate of drug-likeness (QED) is 0.366. The fourth-order valence-corrected chi connectivity index (χ4v) is 3.89. The zero-order chi connectivity index (χ0) is 21.7. The molecule has 0 amide bonds. The Morgan fingerprint density at radius 1 is 1.19 bits per heavy atom. The summed E-state index contributed by atoms with van der Waals surface area (Å²) in [4.78, 5) is 19.8. The van der Waals surface area contributed by atoms with Gasteiger partial charge in [-0.15, -0.1) is 0 Å². The molecule has 2 aromatic rings. The molecule has 1 aliphatic rings. The number of hydrogen-bond acceptors (Lipinski definition) is 7. The zero-order valence-corrected chi connectivity index (χ0v) is 17.5. The van der Waals surface area contributed by atoms with Crippen molar-refractivity contribution < 1.29 is 32.8 Å². The number of nitrogens with zero attached hydrogens (tertiary/aromatic N) is 2. The van der Waals surface area contributed by atoms with Crippen molar-refractivity contribution in [1.82, 2.24) is 0 Å². The van der Waals surface area contributed by atoms with Gasteiger partial charge in [-0.3, -0.25) is 4.52 Å². The van der Waals surface area contributed by atoms with Gasteiger partial charge in [-0.1, -0.05) is 0 Å². The van der Waals surface area contributed by atoms with E-state index in [2.05, 4.69) is 6.07 Å². The Kier molecular flexibility index (Phi) is 9.22. The number of ether oxygens (including phenoxy) is 2. The Balaban J connectivity index is 0.00000341. The Morgan fingerprint density at radius 3 is 2.45 bits per heavy atom. The number of nitriles is 1. The SMILES string of the molecule is COc1ccc(C(C#N)=Cc2ccc(N3CCC(OP(=O)(O)O)CC3)o2)cc1OC.[NaH]. The van der Waals surface area contributed by atoms with Gasteiger partial charge >= 0.3 is 37.4 Å². The second kappa shape index (κ2) is 11.2. The molecule has 0 spiro atoms. The topological polar surface area (TPSA) is 125 Å². The summed E-state index contributed by atoms with van der Waals surface area (Å²) in [7, 11) is -1.40. The molecule has 0 atom stereocenters. The summed E-state index contributed by atoms with van der Waals surface area (Å²) in [6.45, 7) is 1.09. The second-order valence-electron chi connectivity index (χ2n) is 6.70. The predicted octanol–water partition coefficient (Wildman–Crippen LogP) is 2.79. The Bertz CT molecular complexity index is 1000. The second-order valence-corrected chi connectivity index (χ2v) is 7.89. The van der Waals surface area contributed by atoms with Crippen LogP contribution in [0, 0.1) is 11.3 Å². The van der Waals surface area contributed by atoms with Crippen molar-refractivity contribution in [3.63, 3.8) is 0 Å². The van der Waals surface area contributed by atoms with Gasteiger partial charge in [0, 0.05) is 19.2 Å². The van der Waals surface area contributed by atoms with Gasteiger partial charge in [0.2, 0.25) is 0 Å². The number of phosphoric ester groups is 1. The first-order valence-corrected chi connectivity index (χ1v) is 10.8. The van der Waals surface area contributed by atoms with Crippen molar-refractivity contribution in [3.8, 4) is 17.6 Å². The summed E-state index contributed by atoms with van der Waals surface area (Å²) in [6.07, 6.45) is 2.12. The van der Waals surface area contributed by atoms with Crippen molar-refractivity contribution in [1.29, 1.82) is 5.26 Å². The molecule has 0 bridgehead atoms. The number of anilines is 1. The van der Waals surface area contributed by atoms with Crippen molar-refractivity contribution in [2.24, 2.45) is 0 Å². The summed E-state index contributed by atoms with van der Waals surface area (Å²) in [5.41, 5.74) is 1.08. The van der Waals surface area contributed by atoms with Crippen LogP contribution in [0.4, 0.5) is 5.88 Å². The molecule has 2 N–H and O–H groups in total. The molecule has 0 radical (unpaired) electrons. The van der Waals surface area contributed by atoms with Crippen molar-refractivity contribution in [2.45, 2.75) is 18.9 Å². The van der Waals surface area contributed by atoms with E-state index in [0.717, 1.165) is 0 Å². The molecule has 1 aliphatic heterocycles. The fourth-order valence-electron chi connectivity index (χ4n) is 3.29. The van der Waals surface area contributed by atoms with Gasteiger partial charge in [0.1, 0.15) is 5.76 Å². The van der Waals surface area contributed by atoms with Crippen LogP contribution >= 0.6 is 7.82 Å². The zero-order valence-electron chi connectivity index (χ0n) is 16.6. The molecule has 1 aromatic carbocycles. The Morgan fingerprint density at radius 2 is 1.87 bits per heavy atom. The first-order chi connectivity index (χ1) is 14.3. The van der Waals surface area contributed by atoms with E-state index >= 15 is 0 Å². The number of furan rings is 1. The normalized spacial score (nSPS) is 15.2. The van der Waals surface area contributed by atoms with Crippen molar-refractivity contribution in [2.75, 3.05) is 32.2 Å². The third-order valence-corrected chi connectivity index (χ3v) is 5.33.